The highest BCUT2D eigenvalue weighted by Gasteiger charge is 2.29. The number of hydrogen-bond acceptors (Lipinski definition) is 3. The number of anilines is 1. The van der Waals surface area contributed by atoms with E-state index in [0.717, 1.165) is 24.3 Å². The fourth-order valence-electron chi connectivity index (χ4n) is 2.93. The van der Waals surface area contributed by atoms with Crippen molar-refractivity contribution in [2.75, 3.05) is 25.6 Å². The summed E-state index contributed by atoms with van der Waals surface area (Å²) in [5.74, 6) is 2.51. The minimum atomic E-state index is 0.585. The van der Waals surface area contributed by atoms with Crippen molar-refractivity contribution in [2.24, 2.45) is 11.8 Å². The van der Waals surface area contributed by atoms with Crippen LogP contribution in [0.3, 0.4) is 0 Å². The molecule has 1 aliphatic rings. The fraction of sp³-hybridized carbons (Fsp3) is 0.786. The number of rotatable bonds is 5. The number of methoxy groups -OCH3 is 1. The van der Waals surface area contributed by atoms with Gasteiger partial charge in [0.25, 0.3) is 0 Å². The summed E-state index contributed by atoms with van der Waals surface area (Å²) in [6.07, 6.45) is 7.95. The molecule has 0 aliphatic heterocycles. The molecule has 0 spiro atoms. The Bertz CT molecular complexity index is 364. The van der Waals surface area contributed by atoms with Crippen LogP contribution in [-0.2, 0) is 4.74 Å². The van der Waals surface area contributed by atoms with Gasteiger partial charge in [-0.1, -0.05) is 26.7 Å². The van der Waals surface area contributed by atoms with E-state index < -0.39 is 0 Å². The van der Waals surface area contributed by atoms with E-state index in [2.05, 4.69) is 34.9 Å². The standard InChI is InChI=1S/C14H25N3O/c1-11-5-4-6-13(12(11)2)17-9-7-15-14(17)16-8-10-18-3/h7,9,11-13H,4-6,8,10H2,1-3H3,(H,15,16). The first-order chi connectivity index (χ1) is 8.74. The highest BCUT2D eigenvalue weighted by atomic mass is 16.5. The van der Waals surface area contributed by atoms with Gasteiger partial charge in [-0.25, -0.2) is 4.98 Å². The van der Waals surface area contributed by atoms with Gasteiger partial charge in [-0.3, -0.25) is 0 Å². The van der Waals surface area contributed by atoms with Gasteiger partial charge >= 0.3 is 0 Å². The van der Waals surface area contributed by atoms with Gasteiger partial charge in [-0.05, 0) is 18.3 Å². The Morgan fingerprint density at radius 1 is 1.44 bits per heavy atom. The Morgan fingerprint density at radius 3 is 3.06 bits per heavy atom. The van der Waals surface area contributed by atoms with E-state index in [1.165, 1.54) is 19.3 Å². The zero-order valence-electron chi connectivity index (χ0n) is 11.7. The Kier molecular flexibility index (Phi) is 4.64. The zero-order valence-corrected chi connectivity index (χ0v) is 11.7. The molecule has 4 heteroatoms. The number of hydrogen-bond donors (Lipinski definition) is 1. The average molecular weight is 251 g/mol. The van der Waals surface area contributed by atoms with Crippen molar-refractivity contribution in [1.29, 1.82) is 0 Å². The molecule has 0 radical (unpaired) electrons. The van der Waals surface area contributed by atoms with E-state index >= 15 is 0 Å². The van der Waals surface area contributed by atoms with Crippen molar-refractivity contribution in [3.63, 3.8) is 0 Å². The van der Waals surface area contributed by atoms with Crippen molar-refractivity contribution in [1.82, 2.24) is 9.55 Å². The van der Waals surface area contributed by atoms with Crippen LogP contribution in [0.4, 0.5) is 5.95 Å². The molecule has 3 unspecified atom stereocenters. The van der Waals surface area contributed by atoms with Crippen molar-refractivity contribution < 1.29 is 4.74 Å². The van der Waals surface area contributed by atoms with Gasteiger partial charge < -0.3 is 14.6 Å². The third-order valence-corrected chi connectivity index (χ3v) is 4.28. The molecule has 1 saturated carbocycles. The molecular formula is C14H25N3O. The third kappa shape index (κ3) is 2.86. The molecule has 0 aromatic carbocycles. The minimum absolute atomic E-state index is 0.585. The SMILES string of the molecule is COCCNc1nccn1C1CCCC(C)C1C. The highest BCUT2D eigenvalue weighted by molar-refractivity contribution is 5.26. The molecule has 0 saturated heterocycles. The molecule has 18 heavy (non-hydrogen) atoms. The van der Waals surface area contributed by atoms with E-state index in [1.54, 1.807) is 7.11 Å². The molecule has 2 rings (SSSR count). The second kappa shape index (κ2) is 6.23. The van der Waals surface area contributed by atoms with Gasteiger partial charge in [0.2, 0.25) is 5.95 Å². The molecule has 1 fully saturated rings. The average Bonchev–Trinajstić information content (AvgIpc) is 2.81. The lowest BCUT2D eigenvalue weighted by molar-refractivity contribution is 0.187. The Hall–Kier alpha value is -1.03. The predicted octanol–water partition coefficient (Wildman–Crippen LogP) is 2.94. The first kappa shape index (κ1) is 13.4. The van der Waals surface area contributed by atoms with Crippen LogP contribution in [0.5, 0.6) is 0 Å². The lowest BCUT2D eigenvalue weighted by Gasteiger charge is -2.35. The molecule has 0 bridgehead atoms. The molecule has 1 aliphatic carbocycles. The van der Waals surface area contributed by atoms with Gasteiger partial charge in [0, 0.05) is 32.1 Å². The van der Waals surface area contributed by atoms with Crippen LogP contribution in [0.2, 0.25) is 0 Å². The summed E-state index contributed by atoms with van der Waals surface area (Å²) in [6.45, 7) is 6.26. The Labute approximate surface area is 110 Å². The van der Waals surface area contributed by atoms with Gasteiger partial charge in [-0.15, -0.1) is 0 Å². The maximum absolute atomic E-state index is 5.06. The number of aromatic nitrogens is 2. The second-order valence-electron chi connectivity index (χ2n) is 5.41. The predicted molar refractivity (Wildman–Crippen MR) is 73.8 cm³/mol. The molecule has 1 N–H and O–H groups in total. The maximum Gasteiger partial charge on any atom is 0.203 e. The van der Waals surface area contributed by atoms with E-state index in [9.17, 15) is 0 Å². The minimum Gasteiger partial charge on any atom is -0.383 e. The summed E-state index contributed by atoms with van der Waals surface area (Å²) in [5, 5.41) is 3.35. The van der Waals surface area contributed by atoms with E-state index in [1.807, 2.05) is 6.20 Å². The van der Waals surface area contributed by atoms with E-state index in [0.29, 0.717) is 12.6 Å². The lowest BCUT2D eigenvalue weighted by atomic mass is 9.78. The van der Waals surface area contributed by atoms with Crippen LogP contribution in [0.15, 0.2) is 12.4 Å². The molecule has 102 valence electrons. The molecule has 0 amide bonds. The Morgan fingerprint density at radius 2 is 2.28 bits per heavy atom. The van der Waals surface area contributed by atoms with Crippen LogP contribution >= 0.6 is 0 Å². The first-order valence-corrected chi connectivity index (χ1v) is 6.99. The summed E-state index contributed by atoms with van der Waals surface area (Å²) in [5.41, 5.74) is 0. The summed E-state index contributed by atoms with van der Waals surface area (Å²) >= 11 is 0. The molecule has 3 atom stereocenters. The quantitative estimate of drug-likeness (QED) is 0.818. The van der Waals surface area contributed by atoms with Gasteiger partial charge in [0.1, 0.15) is 0 Å². The number of ether oxygens (including phenoxy) is 1. The molecular weight excluding hydrogens is 226 g/mol. The van der Waals surface area contributed by atoms with Crippen LogP contribution in [0.25, 0.3) is 0 Å². The molecule has 4 nitrogen and oxygen atoms in total. The number of nitrogens with zero attached hydrogens (tertiary/aromatic N) is 2. The smallest absolute Gasteiger partial charge is 0.203 e. The summed E-state index contributed by atoms with van der Waals surface area (Å²) < 4.78 is 7.38. The summed E-state index contributed by atoms with van der Waals surface area (Å²) in [7, 11) is 1.72. The zero-order chi connectivity index (χ0) is 13.0. The summed E-state index contributed by atoms with van der Waals surface area (Å²) in [6, 6.07) is 0.585. The maximum atomic E-state index is 5.06. The van der Waals surface area contributed by atoms with Gasteiger partial charge in [-0.2, -0.15) is 0 Å². The van der Waals surface area contributed by atoms with Crippen molar-refractivity contribution >= 4 is 5.95 Å². The van der Waals surface area contributed by atoms with Crippen molar-refractivity contribution in [3.05, 3.63) is 12.4 Å². The Balaban J connectivity index is 2.05. The van der Waals surface area contributed by atoms with Gasteiger partial charge in [0.05, 0.1) is 6.61 Å². The largest absolute Gasteiger partial charge is 0.383 e. The van der Waals surface area contributed by atoms with Crippen molar-refractivity contribution in [2.45, 2.75) is 39.2 Å². The fourth-order valence-corrected chi connectivity index (χ4v) is 2.93. The normalized spacial score (nSPS) is 28.3. The van der Waals surface area contributed by atoms with Gasteiger partial charge in [0.15, 0.2) is 0 Å². The van der Waals surface area contributed by atoms with Crippen LogP contribution in [-0.4, -0.2) is 29.8 Å². The third-order valence-electron chi connectivity index (χ3n) is 4.28. The van der Waals surface area contributed by atoms with E-state index in [4.69, 9.17) is 4.74 Å². The lowest BCUT2D eigenvalue weighted by Crippen LogP contribution is -2.28. The number of nitrogens with one attached hydrogen (secondary N) is 1. The van der Waals surface area contributed by atoms with Crippen LogP contribution in [0.1, 0.15) is 39.2 Å². The van der Waals surface area contributed by atoms with E-state index in [-0.39, 0.29) is 0 Å². The molecule has 1 aromatic rings. The van der Waals surface area contributed by atoms with Crippen molar-refractivity contribution in [3.8, 4) is 0 Å². The summed E-state index contributed by atoms with van der Waals surface area (Å²) in [4.78, 5) is 4.42. The first-order valence-electron chi connectivity index (χ1n) is 6.99. The monoisotopic (exact) mass is 251 g/mol. The number of imidazole rings is 1. The topological polar surface area (TPSA) is 39.1 Å². The highest BCUT2D eigenvalue weighted by Crippen LogP contribution is 2.38. The molecule has 1 aromatic heterocycles. The second-order valence-corrected chi connectivity index (χ2v) is 5.41. The van der Waals surface area contributed by atoms with Crippen LogP contribution < -0.4 is 5.32 Å². The van der Waals surface area contributed by atoms with Crippen LogP contribution in [0, 0.1) is 11.8 Å². The molecule has 1 heterocycles.